The van der Waals surface area contributed by atoms with Crippen molar-refractivity contribution in [2.24, 2.45) is 0 Å². The van der Waals surface area contributed by atoms with Crippen LogP contribution in [-0.4, -0.2) is 30.3 Å². The molecule has 0 spiro atoms. The van der Waals surface area contributed by atoms with Crippen molar-refractivity contribution < 1.29 is 0 Å². The summed E-state index contributed by atoms with van der Waals surface area (Å²) in [5.74, 6) is 0. The van der Waals surface area contributed by atoms with Crippen LogP contribution < -0.4 is 41.5 Å². The van der Waals surface area contributed by atoms with E-state index >= 15 is 0 Å². The van der Waals surface area contributed by atoms with Crippen LogP contribution in [-0.2, 0) is 0 Å². The highest BCUT2D eigenvalue weighted by atomic mass is 28.3. The number of hydrogen-bond acceptors (Lipinski definition) is 1. The lowest BCUT2D eigenvalue weighted by atomic mass is 10.1. The normalized spacial score (nSPS) is 11.9. The third-order valence-electron chi connectivity index (χ3n) is 15.8. The topological polar surface area (TPSA) is 22.8 Å². The Morgan fingerprint density at radius 3 is 0.947 bits per heavy atom. The minimum absolute atomic E-state index is 1.01. The largest absolute Gasteiger partial charge is 0.309 e. The molecule has 0 aliphatic heterocycles. The van der Waals surface area contributed by atoms with Crippen LogP contribution in [0, 0.1) is 0 Å². The SMILES string of the molecule is c1ccc([Si](c2ccccc2)(c2ccccc2)c2cc(-c3cncc(-n4c5ccccc5c5cc(-n6c7ccccc7c7ccccc76)ccc54)c3)cc([Si](c3ccccc3)(c3ccccc3)c3ccccc3)c2)cc1. The van der Waals surface area contributed by atoms with Crippen LogP contribution in [0.4, 0.5) is 0 Å². The molecule has 5 heteroatoms. The van der Waals surface area contributed by atoms with E-state index in [-0.39, 0.29) is 0 Å². The quantitative estimate of drug-likeness (QED) is 0.0935. The first-order chi connectivity index (χ1) is 37.7. The molecule has 0 unspecified atom stereocenters. The van der Waals surface area contributed by atoms with Gasteiger partial charge < -0.3 is 9.13 Å². The summed E-state index contributed by atoms with van der Waals surface area (Å²) < 4.78 is 4.83. The van der Waals surface area contributed by atoms with E-state index < -0.39 is 16.1 Å². The molecule has 3 nitrogen and oxygen atoms in total. The molecule has 76 heavy (non-hydrogen) atoms. The van der Waals surface area contributed by atoms with Crippen molar-refractivity contribution >= 4 is 101 Å². The maximum absolute atomic E-state index is 5.19. The van der Waals surface area contributed by atoms with Gasteiger partial charge in [0.2, 0.25) is 0 Å². The summed E-state index contributed by atoms with van der Waals surface area (Å²) in [5, 5.41) is 15.5. The molecule has 0 aliphatic carbocycles. The Morgan fingerprint density at radius 1 is 0.224 bits per heavy atom. The average molecular weight is 1000 g/mol. The smallest absolute Gasteiger partial charge is 0.179 e. The summed E-state index contributed by atoms with van der Waals surface area (Å²) in [4.78, 5) is 5.19. The number of fused-ring (bicyclic) bond motifs is 6. The van der Waals surface area contributed by atoms with Crippen molar-refractivity contribution in [3.8, 4) is 22.5 Å². The minimum atomic E-state index is -3.08. The second-order valence-electron chi connectivity index (χ2n) is 19.9. The molecule has 3 heterocycles. The van der Waals surface area contributed by atoms with Crippen LogP contribution in [0.3, 0.4) is 0 Å². The van der Waals surface area contributed by atoms with Crippen LogP contribution in [0.15, 0.2) is 310 Å². The maximum Gasteiger partial charge on any atom is 0.179 e. The molecule has 0 N–H and O–H groups in total. The van der Waals surface area contributed by atoms with E-state index in [1.54, 1.807) is 0 Å². The Morgan fingerprint density at radius 2 is 0.553 bits per heavy atom. The molecule has 14 aromatic rings. The Labute approximate surface area is 444 Å². The van der Waals surface area contributed by atoms with Crippen LogP contribution in [0.2, 0.25) is 0 Å². The summed E-state index contributed by atoms with van der Waals surface area (Å²) in [6, 6.07) is 111. The van der Waals surface area contributed by atoms with Gasteiger partial charge in [0.1, 0.15) is 0 Å². The van der Waals surface area contributed by atoms with Crippen molar-refractivity contribution in [3.05, 3.63) is 310 Å². The van der Waals surface area contributed by atoms with Crippen LogP contribution in [0.1, 0.15) is 0 Å². The molecule has 0 bridgehead atoms. The van der Waals surface area contributed by atoms with E-state index in [9.17, 15) is 0 Å². The molecule has 0 atom stereocenters. The van der Waals surface area contributed by atoms with Crippen LogP contribution in [0.5, 0.6) is 0 Å². The molecule has 0 amide bonds. The number of rotatable bonds is 11. The predicted molar refractivity (Wildman–Crippen MR) is 326 cm³/mol. The highest BCUT2D eigenvalue weighted by molar-refractivity contribution is 7.22. The second-order valence-corrected chi connectivity index (χ2v) is 27.5. The summed E-state index contributed by atoms with van der Waals surface area (Å²) in [7, 11) is -6.17. The Hall–Kier alpha value is -9.40. The van der Waals surface area contributed by atoms with E-state index in [1.165, 1.54) is 74.1 Å². The first kappa shape index (κ1) is 45.2. The number of aromatic nitrogens is 3. The number of pyridine rings is 1. The summed E-state index contributed by atoms with van der Waals surface area (Å²) >= 11 is 0. The van der Waals surface area contributed by atoms with E-state index in [1.807, 2.05) is 6.20 Å². The molecule has 0 aliphatic rings. The molecule has 11 aromatic carbocycles. The van der Waals surface area contributed by atoms with Gasteiger partial charge in [0.05, 0.1) is 34.0 Å². The third kappa shape index (κ3) is 7.19. The van der Waals surface area contributed by atoms with Gasteiger partial charge in [-0.15, -0.1) is 0 Å². The predicted octanol–water partition coefficient (Wildman–Crippen LogP) is 11.7. The monoisotopic (exact) mass is 1000 g/mol. The van der Waals surface area contributed by atoms with Crippen molar-refractivity contribution in [1.82, 2.24) is 14.1 Å². The van der Waals surface area contributed by atoms with Gasteiger partial charge in [0.25, 0.3) is 0 Å². The molecule has 0 fully saturated rings. The zero-order valence-corrected chi connectivity index (χ0v) is 43.8. The zero-order valence-electron chi connectivity index (χ0n) is 41.8. The van der Waals surface area contributed by atoms with E-state index in [0.717, 1.165) is 33.5 Å². The van der Waals surface area contributed by atoms with E-state index in [2.05, 4.69) is 313 Å². The van der Waals surface area contributed by atoms with Gasteiger partial charge in [-0.25, -0.2) is 0 Å². The van der Waals surface area contributed by atoms with Gasteiger partial charge in [-0.05, 0) is 89.5 Å². The summed E-state index contributed by atoms with van der Waals surface area (Å²) in [5.41, 5.74) is 9.00. The van der Waals surface area contributed by atoms with Crippen molar-refractivity contribution in [1.29, 1.82) is 0 Å². The van der Waals surface area contributed by atoms with Gasteiger partial charge in [0.15, 0.2) is 16.1 Å². The lowest BCUT2D eigenvalue weighted by Crippen LogP contribution is -2.78. The van der Waals surface area contributed by atoms with Crippen molar-refractivity contribution in [2.75, 3.05) is 0 Å². The maximum atomic E-state index is 5.19. The van der Waals surface area contributed by atoms with Crippen molar-refractivity contribution in [3.63, 3.8) is 0 Å². The molecule has 358 valence electrons. The fourth-order valence-electron chi connectivity index (χ4n) is 12.6. The number of para-hydroxylation sites is 3. The molecule has 14 rings (SSSR count). The van der Waals surface area contributed by atoms with Gasteiger partial charge in [0, 0.05) is 39.0 Å². The van der Waals surface area contributed by atoms with Crippen molar-refractivity contribution in [2.45, 2.75) is 0 Å². The Balaban J connectivity index is 1.06. The Kier molecular flexibility index (Phi) is 11.2. The second kappa shape index (κ2) is 18.8. The molecular formula is C71H51N3Si2. The first-order valence-electron chi connectivity index (χ1n) is 26.2. The van der Waals surface area contributed by atoms with E-state index in [0.29, 0.717) is 0 Å². The number of benzene rings is 11. The highest BCUT2D eigenvalue weighted by Gasteiger charge is 2.46. The summed E-state index contributed by atoms with van der Waals surface area (Å²) in [6.07, 6.45) is 4.11. The molecule has 0 saturated heterocycles. The zero-order chi connectivity index (χ0) is 50.5. The van der Waals surface area contributed by atoms with Gasteiger partial charge in [-0.1, -0.05) is 255 Å². The average Bonchev–Trinajstić information content (AvgIpc) is 4.13. The molecule has 3 aromatic heterocycles. The number of nitrogens with zero attached hydrogens (tertiary/aromatic N) is 3. The standard InChI is InChI=1S/C71H51N3Si2/c1-7-25-56(26-8-1)75(57-27-9-2-10-28-57,58-29-11-3-12-30-58)62-46-52(47-63(49-62)76(59-31-13-4-14-32-59,60-33-15-5-16-34-60)61-35-17-6-18-36-61)53-45-55(51-72-50-53)74-70-42-24-21-39-66(70)67-48-54(43-44-71(67)74)73-68-40-22-19-37-64(68)65-38-20-23-41-69(65)73/h1-51H. The lowest BCUT2D eigenvalue weighted by molar-refractivity contribution is 1.14. The first-order valence-corrected chi connectivity index (χ1v) is 30.2. The fourth-order valence-corrected chi connectivity index (χ4v) is 22.4. The molecule has 0 radical (unpaired) electrons. The van der Waals surface area contributed by atoms with Gasteiger partial charge >= 0.3 is 0 Å². The minimum Gasteiger partial charge on any atom is -0.309 e. The van der Waals surface area contributed by atoms with Gasteiger partial charge in [-0.2, -0.15) is 0 Å². The highest BCUT2D eigenvalue weighted by Crippen LogP contribution is 2.37. The Bertz CT molecular complexity index is 3990. The van der Waals surface area contributed by atoms with E-state index in [4.69, 9.17) is 4.98 Å². The fraction of sp³-hybridized carbons (Fsp3) is 0. The molecule has 0 saturated carbocycles. The lowest BCUT2D eigenvalue weighted by Gasteiger charge is -2.38. The molecular weight excluding hydrogens is 951 g/mol. The number of hydrogen-bond donors (Lipinski definition) is 0. The third-order valence-corrected chi connectivity index (χ3v) is 25.4. The van der Waals surface area contributed by atoms with Crippen LogP contribution in [0.25, 0.3) is 66.1 Å². The van der Waals surface area contributed by atoms with Gasteiger partial charge in [-0.3, -0.25) is 4.98 Å². The summed E-state index contributed by atoms with van der Waals surface area (Å²) in [6.45, 7) is 0. The van der Waals surface area contributed by atoms with Crippen LogP contribution >= 0.6 is 0 Å².